The molecule has 9 heteroatoms. The van der Waals surface area contributed by atoms with Gasteiger partial charge in [-0.15, -0.1) is 0 Å². The maximum Gasteiger partial charge on any atom is 0.408 e. The summed E-state index contributed by atoms with van der Waals surface area (Å²) in [5.74, 6) is 0.873. The number of fused-ring (bicyclic) bond motifs is 1. The Morgan fingerprint density at radius 1 is 1.09 bits per heavy atom. The molecular formula is C26H33N5O4. The molecular weight excluding hydrogens is 446 g/mol. The number of ether oxygens (including phenoxy) is 2. The molecule has 0 saturated heterocycles. The molecule has 0 bridgehead atoms. The predicted octanol–water partition coefficient (Wildman–Crippen LogP) is 4.63. The number of aromatic nitrogens is 3. The molecule has 0 unspecified atom stereocenters. The number of alkyl carbamates (subject to hydrolysis) is 1. The molecule has 0 radical (unpaired) electrons. The highest BCUT2D eigenvalue weighted by Crippen LogP contribution is 2.26. The van der Waals surface area contributed by atoms with Gasteiger partial charge in [0.1, 0.15) is 29.4 Å². The number of carbonyl (C=O) groups is 2. The lowest BCUT2D eigenvalue weighted by atomic mass is 9.95. The van der Waals surface area contributed by atoms with Crippen LogP contribution < -0.4 is 15.4 Å². The van der Waals surface area contributed by atoms with Crippen LogP contribution in [0.3, 0.4) is 0 Å². The van der Waals surface area contributed by atoms with Crippen molar-refractivity contribution in [3.05, 3.63) is 48.4 Å². The minimum Gasteiger partial charge on any atom is -0.444 e. The highest BCUT2D eigenvalue weighted by Gasteiger charge is 2.27. The van der Waals surface area contributed by atoms with Crippen molar-refractivity contribution in [1.82, 2.24) is 25.6 Å². The molecule has 0 aliphatic heterocycles. The molecule has 4 rings (SSSR count). The van der Waals surface area contributed by atoms with E-state index in [4.69, 9.17) is 9.47 Å². The molecule has 1 aromatic carbocycles. The van der Waals surface area contributed by atoms with Gasteiger partial charge >= 0.3 is 6.09 Å². The Kier molecular flexibility index (Phi) is 7.53. The van der Waals surface area contributed by atoms with Gasteiger partial charge in [-0.3, -0.25) is 4.79 Å². The lowest BCUT2D eigenvalue weighted by Crippen LogP contribution is -2.51. The van der Waals surface area contributed by atoms with E-state index < -0.39 is 17.7 Å². The Morgan fingerprint density at radius 3 is 2.54 bits per heavy atom. The fraction of sp³-hybridized carbons (Fsp3) is 0.462. The first kappa shape index (κ1) is 24.5. The summed E-state index contributed by atoms with van der Waals surface area (Å²) in [5, 5.41) is 6.66. The number of nitrogens with one attached hydrogen (secondary N) is 3. The van der Waals surface area contributed by atoms with Crippen LogP contribution in [0.4, 0.5) is 4.79 Å². The number of benzene rings is 1. The molecule has 9 nitrogen and oxygen atoms in total. The smallest absolute Gasteiger partial charge is 0.408 e. The topological polar surface area (TPSA) is 118 Å². The van der Waals surface area contributed by atoms with Crippen molar-refractivity contribution in [2.24, 2.45) is 0 Å². The molecule has 2 aromatic heterocycles. The zero-order valence-electron chi connectivity index (χ0n) is 20.5. The summed E-state index contributed by atoms with van der Waals surface area (Å²) < 4.78 is 11.3. The normalized spacial score (nSPS) is 15.4. The highest BCUT2D eigenvalue weighted by molar-refractivity contribution is 5.86. The fourth-order valence-corrected chi connectivity index (χ4v) is 4.18. The second kappa shape index (κ2) is 10.8. The molecule has 3 N–H and O–H groups in total. The monoisotopic (exact) mass is 479 g/mol. The molecule has 1 aliphatic rings. The van der Waals surface area contributed by atoms with Crippen molar-refractivity contribution in [3.63, 3.8) is 0 Å². The molecule has 186 valence electrons. The van der Waals surface area contributed by atoms with Gasteiger partial charge in [-0.2, -0.15) is 0 Å². The third-order valence-corrected chi connectivity index (χ3v) is 5.85. The summed E-state index contributed by atoms with van der Waals surface area (Å²) in [6.45, 7) is 5.38. The van der Waals surface area contributed by atoms with E-state index in [9.17, 15) is 9.59 Å². The van der Waals surface area contributed by atoms with Gasteiger partial charge in [-0.05, 0) is 57.4 Å². The molecule has 1 atom stereocenters. The maximum absolute atomic E-state index is 13.1. The third-order valence-electron chi connectivity index (χ3n) is 5.85. The summed E-state index contributed by atoms with van der Waals surface area (Å²) in [7, 11) is 0. The number of H-pyrrole nitrogens is 1. The van der Waals surface area contributed by atoms with Gasteiger partial charge in [0.05, 0.1) is 5.39 Å². The third kappa shape index (κ3) is 6.94. The first-order valence-corrected chi connectivity index (χ1v) is 12.1. The molecule has 1 saturated carbocycles. The van der Waals surface area contributed by atoms with E-state index in [-0.39, 0.29) is 11.9 Å². The largest absolute Gasteiger partial charge is 0.444 e. The molecule has 0 spiro atoms. The summed E-state index contributed by atoms with van der Waals surface area (Å²) >= 11 is 0. The Balaban J connectivity index is 1.44. The van der Waals surface area contributed by atoms with E-state index in [1.807, 2.05) is 30.3 Å². The number of hydrogen-bond acceptors (Lipinski definition) is 6. The lowest BCUT2D eigenvalue weighted by Gasteiger charge is -2.27. The Hall–Kier alpha value is -3.62. The quantitative estimate of drug-likeness (QED) is 0.455. The SMILES string of the molecule is CC(C)(C)OC(=O)N[C@@H](Cc1ccc(Oc2ncnc3[nH]ccc23)cc1)C(=O)NC1CCCCC1. The van der Waals surface area contributed by atoms with E-state index in [1.54, 1.807) is 27.0 Å². The van der Waals surface area contributed by atoms with Gasteiger partial charge in [0.2, 0.25) is 11.8 Å². The van der Waals surface area contributed by atoms with Crippen LogP contribution in [0.1, 0.15) is 58.4 Å². The maximum atomic E-state index is 13.1. The van der Waals surface area contributed by atoms with Crippen LogP contribution in [0, 0.1) is 0 Å². The summed E-state index contributed by atoms with van der Waals surface area (Å²) in [6.07, 6.45) is 8.30. The second-order valence-corrected chi connectivity index (χ2v) is 9.91. The van der Waals surface area contributed by atoms with Crippen LogP contribution in [-0.2, 0) is 16.0 Å². The highest BCUT2D eigenvalue weighted by atomic mass is 16.6. The first-order chi connectivity index (χ1) is 16.8. The van der Waals surface area contributed by atoms with Gasteiger partial charge < -0.3 is 25.1 Å². The number of rotatable bonds is 7. The van der Waals surface area contributed by atoms with E-state index in [0.29, 0.717) is 23.7 Å². The summed E-state index contributed by atoms with van der Waals surface area (Å²) in [6, 6.07) is 8.65. The van der Waals surface area contributed by atoms with Gasteiger partial charge in [0.25, 0.3) is 0 Å². The summed E-state index contributed by atoms with van der Waals surface area (Å²) in [5.41, 5.74) is 0.928. The van der Waals surface area contributed by atoms with Gasteiger partial charge in [0, 0.05) is 18.7 Å². The predicted molar refractivity (Wildman–Crippen MR) is 132 cm³/mol. The average molecular weight is 480 g/mol. The van der Waals surface area contributed by atoms with Crippen LogP contribution >= 0.6 is 0 Å². The molecule has 1 aliphatic carbocycles. The number of carbonyl (C=O) groups excluding carboxylic acids is 2. The Labute approximate surface area is 205 Å². The van der Waals surface area contributed by atoms with Crippen molar-refractivity contribution in [2.45, 2.75) is 77.0 Å². The van der Waals surface area contributed by atoms with E-state index in [0.717, 1.165) is 36.6 Å². The zero-order valence-corrected chi connectivity index (χ0v) is 20.5. The van der Waals surface area contributed by atoms with Crippen LogP contribution in [0.2, 0.25) is 0 Å². The zero-order chi connectivity index (χ0) is 24.8. The van der Waals surface area contributed by atoms with E-state index in [1.165, 1.54) is 12.7 Å². The first-order valence-electron chi connectivity index (χ1n) is 12.1. The van der Waals surface area contributed by atoms with Crippen molar-refractivity contribution in [3.8, 4) is 11.6 Å². The van der Waals surface area contributed by atoms with Gasteiger partial charge in [-0.1, -0.05) is 31.4 Å². The standard InChI is InChI=1S/C26H33N5O4/c1-26(2,3)35-25(33)31-21(23(32)30-18-7-5-4-6-8-18)15-17-9-11-19(12-10-17)34-24-20-13-14-27-22(20)28-16-29-24/h9-14,16,18,21H,4-8,15H2,1-3H3,(H,30,32)(H,31,33)(H,27,28,29)/t21-/m0/s1. The van der Waals surface area contributed by atoms with Crippen LogP contribution in [0.25, 0.3) is 11.0 Å². The van der Waals surface area contributed by atoms with Crippen molar-refractivity contribution in [2.75, 3.05) is 0 Å². The molecule has 2 amide bonds. The lowest BCUT2D eigenvalue weighted by molar-refractivity contribution is -0.124. The number of amides is 2. The number of aromatic amines is 1. The van der Waals surface area contributed by atoms with Crippen molar-refractivity contribution in [1.29, 1.82) is 0 Å². The van der Waals surface area contributed by atoms with Crippen LogP contribution in [0.15, 0.2) is 42.9 Å². The van der Waals surface area contributed by atoms with Gasteiger partial charge in [-0.25, -0.2) is 14.8 Å². The Bertz CT molecular complexity index is 1150. The Morgan fingerprint density at radius 2 is 1.83 bits per heavy atom. The number of hydrogen-bond donors (Lipinski definition) is 3. The minimum atomic E-state index is -0.750. The molecule has 2 heterocycles. The van der Waals surface area contributed by atoms with Gasteiger partial charge in [0.15, 0.2) is 0 Å². The molecule has 1 fully saturated rings. The number of nitrogens with zero attached hydrogens (tertiary/aromatic N) is 2. The van der Waals surface area contributed by atoms with Crippen LogP contribution in [-0.4, -0.2) is 44.6 Å². The van der Waals surface area contributed by atoms with E-state index >= 15 is 0 Å². The molecule has 35 heavy (non-hydrogen) atoms. The average Bonchev–Trinajstić information content (AvgIpc) is 3.29. The van der Waals surface area contributed by atoms with Crippen molar-refractivity contribution < 1.29 is 19.1 Å². The summed E-state index contributed by atoms with van der Waals surface area (Å²) in [4.78, 5) is 37.0. The second-order valence-electron chi connectivity index (χ2n) is 9.91. The van der Waals surface area contributed by atoms with Crippen LogP contribution in [0.5, 0.6) is 11.6 Å². The van der Waals surface area contributed by atoms with Crippen molar-refractivity contribution >= 4 is 23.0 Å². The minimum absolute atomic E-state index is 0.146. The molecule has 3 aromatic rings. The van der Waals surface area contributed by atoms with E-state index in [2.05, 4.69) is 25.6 Å². The fourth-order valence-electron chi connectivity index (χ4n) is 4.18.